The fourth-order valence-electron chi connectivity index (χ4n) is 4.13. The molecular weight excluding hydrogens is 419 g/mol. The summed E-state index contributed by atoms with van der Waals surface area (Å²) in [6.45, 7) is 4.23. The van der Waals surface area contributed by atoms with Gasteiger partial charge in [-0.25, -0.2) is 0 Å². The van der Waals surface area contributed by atoms with Crippen molar-refractivity contribution in [2.45, 2.75) is 70.8 Å². The largest absolute Gasteiger partial charge is 0.493 e. The van der Waals surface area contributed by atoms with Crippen LogP contribution in [0.2, 0.25) is 0 Å². The first kappa shape index (κ1) is 24.0. The molecule has 1 aliphatic carbocycles. The normalized spacial score (nSPS) is 14.6. The number of amides is 1. The molecule has 0 atom stereocenters. The molecule has 1 amide bonds. The Hall–Kier alpha value is -2.70. The van der Waals surface area contributed by atoms with E-state index < -0.39 is 11.7 Å². The Balaban J connectivity index is 1.82. The maximum Gasteiger partial charge on any atom is 0.416 e. The Morgan fingerprint density at radius 1 is 1.06 bits per heavy atom. The summed E-state index contributed by atoms with van der Waals surface area (Å²) in [5.74, 6) is 1.06. The number of hydrogen-bond acceptors (Lipinski definition) is 3. The lowest BCUT2D eigenvalue weighted by atomic mass is 10.1. The Labute approximate surface area is 187 Å². The summed E-state index contributed by atoms with van der Waals surface area (Å²) in [7, 11) is 1.58. The second kappa shape index (κ2) is 10.3. The third-order valence-corrected chi connectivity index (χ3v) is 5.64. The van der Waals surface area contributed by atoms with Gasteiger partial charge in [-0.05, 0) is 56.0 Å². The fraction of sp³-hybridized carbons (Fsp3) is 0.480. The number of carbonyl (C=O) groups excluding carboxylic acids is 1. The lowest BCUT2D eigenvalue weighted by Crippen LogP contribution is -2.39. The molecule has 0 bridgehead atoms. The van der Waals surface area contributed by atoms with Gasteiger partial charge in [0.15, 0.2) is 11.5 Å². The zero-order valence-electron chi connectivity index (χ0n) is 18.7. The fourth-order valence-corrected chi connectivity index (χ4v) is 4.13. The Morgan fingerprint density at radius 2 is 1.78 bits per heavy atom. The summed E-state index contributed by atoms with van der Waals surface area (Å²) in [6, 6.07) is 10.7. The highest BCUT2D eigenvalue weighted by atomic mass is 19.4. The van der Waals surface area contributed by atoms with Crippen LogP contribution >= 0.6 is 0 Å². The molecule has 0 N–H and O–H groups in total. The van der Waals surface area contributed by atoms with E-state index in [1.54, 1.807) is 13.2 Å². The van der Waals surface area contributed by atoms with Gasteiger partial charge in [-0.3, -0.25) is 4.79 Å². The highest BCUT2D eigenvalue weighted by molar-refractivity contribution is 5.79. The minimum Gasteiger partial charge on any atom is -0.493 e. The minimum atomic E-state index is -4.43. The van der Waals surface area contributed by atoms with Crippen molar-refractivity contribution in [2.75, 3.05) is 7.11 Å². The molecular formula is C25H30F3NO3. The van der Waals surface area contributed by atoms with Crippen molar-refractivity contribution in [2.24, 2.45) is 0 Å². The number of methoxy groups -OCH3 is 1. The lowest BCUT2D eigenvalue weighted by Gasteiger charge is -2.30. The molecule has 174 valence electrons. The molecule has 3 rings (SSSR count). The number of nitrogens with zero attached hydrogens (tertiary/aromatic N) is 1. The molecule has 1 fully saturated rings. The van der Waals surface area contributed by atoms with Gasteiger partial charge in [-0.2, -0.15) is 13.2 Å². The molecule has 0 unspecified atom stereocenters. The van der Waals surface area contributed by atoms with E-state index >= 15 is 0 Å². The maximum absolute atomic E-state index is 13.2. The predicted octanol–water partition coefficient (Wildman–Crippen LogP) is 6.02. The second-order valence-electron chi connectivity index (χ2n) is 8.49. The van der Waals surface area contributed by atoms with Gasteiger partial charge in [-0.1, -0.05) is 37.1 Å². The Morgan fingerprint density at radius 3 is 2.41 bits per heavy atom. The first-order chi connectivity index (χ1) is 15.2. The molecule has 0 spiro atoms. The molecule has 0 aromatic heterocycles. The highest BCUT2D eigenvalue weighted by Gasteiger charge is 2.31. The molecule has 0 radical (unpaired) electrons. The third kappa shape index (κ3) is 6.17. The van der Waals surface area contributed by atoms with Gasteiger partial charge in [0.05, 0.1) is 25.2 Å². The van der Waals surface area contributed by atoms with E-state index in [1.807, 2.05) is 36.9 Å². The van der Waals surface area contributed by atoms with Crippen LogP contribution in [0.5, 0.6) is 11.5 Å². The van der Waals surface area contributed by atoms with E-state index in [0.29, 0.717) is 23.6 Å². The van der Waals surface area contributed by atoms with Gasteiger partial charge in [0.25, 0.3) is 0 Å². The molecule has 2 aromatic carbocycles. The van der Waals surface area contributed by atoms with Crippen LogP contribution in [-0.2, 0) is 23.9 Å². The SMILES string of the molecule is COc1ccc(CN(C(=O)Cc2cccc(C(F)(F)F)c2)C2CCCC2)cc1OC(C)C. The molecule has 4 nitrogen and oxygen atoms in total. The summed E-state index contributed by atoms with van der Waals surface area (Å²) in [6.07, 6.45) is -0.635. The number of halogens is 3. The quantitative estimate of drug-likeness (QED) is 0.495. The van der Waals surface area contributed by atoms with Crippen LogP contribution in [0, 0.1) is 0 Å². The first-order valence-corrected chi connectivity index (χ1v) is 11.0. The zero-order valence-corrected chi connectivity index (χ0v) is 18.7. The van der Waals surface area contributed by atoms with Gasteiger partial charge >= 0.3 is 6.18 Å². The van der Waals surface area contributed by atoms with Gasteiger partial charge in [-0.15, -0.1) is 0 Å². The number of hydrogen-bond donors (Lipinski definition) is 0. The molecule has 0 aliphatic heterocycles. The Bertz CT molecular complexity index is 921. The molecule has 32 heavy (non-hydrogen) atoms. The molecule has 1 aliphatic rings. The average molecular weight is 450 g/mol. The van der Waals surface area contributed by atoms with Crippen molar-refractivity contribution in [3.63, 3.8) is 0 Å². The van der Waals surface area contributed by atoms with Crippen molar-refractivity contribution in [1.82, 2.24) is 4.90 Å². The molecule has 7 heteroatoms. The standard InChI is InChI=1S/C25H30F3NO3/c1-17(2)32-23-14-19(11-12-22(23)31-3)16-29(21-9-4-5-10-21)24(30)15-18-7-6-8-20(13-18)25(26,27)28/h6-8,11-14,17,21H,4-5,9-10,15-16H2,1-3H3. The zero-order chi connectivity index (χ0) is 23.3. The monoisotopic (exact) mass is 449 g/mol. The lowest BCUT2D eigenvalue weighted by molar-refractivity contribution is -0.138. The van der Waals surface area contributed by atoms with E-state index in [9.17, 15) is 18.0 Å². The molecule has 2 aromatic rings. The van der Waals surface area contributed by atoms with Gasteiger partial charge < -0.3 is 14.4 Å². The number of benzene rings is 2. The van der Waals surface area contributed by atoms with Gasteiger partial charge in [0.1, 0.15) is 0 Å². The van der Waals surface area contributed by atoms with E-state index in [0.717, 1.165) is 43.4 Å². The van der Waals surface area contributed by atoms with Crippen LogP contribution in [0.15, 0.2) is 42.5 Å². The van der Waals surface area contributed by atoms with Crippen molar-refractivity contribution in [3.8, 4) is 11.5 Å². The predicted molar refractivity (Wildman–Crippen MR) is 117 cm³/mol. The van der Waals surface area contributed by atoms with Crippen LogP contribution in [0.1, 0.15) is 56.2 Å². The number of alkyl halides is 3. The summed E-state index contributed by atoms with van der Waals surface area (Å²) >= 11 is 0. The highest BCUT2D eigenvalue weighted by Crippen LogP contribution is 2.32. The smallest absolute Gasteiger partial charge is 0.416 e. The van der Waals surface area contributed by atoms with Crippen molar-refractivity contribution < 1.29 is 27.4 Å². The minimum absolute atomic E-state index is 0.0346. The van der Waals surface area contributed by atoms with Gasteiger partial charge in [0.2, 0.25) is 5.91 Å². The van der Waals surface area contributed by atoms with E-state index in [-0.39, 0.29) is 24.5 Å². The summed E-state index contributed by atoms with van der Waals surface area (Å²) in [5, 5.41) is 0. The summed E-state index contributed by atoms with van der Waals surface area (Å²) in [4.78, 5) is 15.1. The molecule has 0 saturated heterocycles. The van der Waals surface area contributed by atoms with Crippen LogP contribution in [0.25, 0.3) is 0 Å². The van der Waals surface area contributed by atoms with Crippen molar-refractivity contribution in [3.05, 3.63) is 59.2 Å². The number of rotatable bonds is 8. The first-order valence-electron chi connectivity index (χ1n) is 11.0. The van der Waals surface area contributed by atoms with E-state index in [2.05, 4.69) is 0 Å². The van der Waals surface area contributed by atoms with Crippen molar-refractivity contribution >= 4 is 5.91 Å². The topological polar surface area (TPSA) is 38.8 Å². The Kier molecular flexibility index (Phi) is 7.69. The van der Waals surface area contributed by atoms with Gasteiger partial charge in [0, 0.05) is 12.6 Å². The van der Waals surface area contributed by atoms with Crippen LogP contribution in [-0.4, -0.2) is 30.1 Å². The van der Waals surface area contributed by atoms with E-state index in [4.69, 9.17) is 9.47 Å². The number of carbonyl (C=O) groups is 1. The van der Waals surface area contributed by atoms with E-state index in [1.165, 1.54) is 6.07 Å². The maximum atomic E-state index is 13.2. The third-order valence-electron chi connectivity index (χ3n) is 5.64. The van der Waals surface area contributed by atoms with Crippen LogP contribution in [0.4, 0.5) is 13.2 Å². The average Bonchev–Trinajstić information content (AvgIpc) is 3.26. The number of ether oxygens (including phenoxy) is 2. The van der Waals surface area contributed by atoms with Crippen LogP contribution in [0.3, 0.4) is 0 Å². The van der Waals surface area contributed by atoms with Crippen LogP contribution < -0.4 is 9.47 Å². The molecule has 0 heterocycles. The molecule has 1 saturated carbocycles. The van der Waals surface area contributed by atoms with Crippen molar-refractivity contribution in [1.29, 1.82) is 0 Å². The summed E-state index contributed by atoms with van der Waals surface area (Å²) in [5.41, 5.74) is 0.526. The summed E-state index contributed by atoms with van der Waals surface area (Å²) < 4.78 is 50.4. The second-order valence-corrected chi connectivity index (χ2v) is 8.49.